The van der Waals surface area contributed by atoms with Crippen LogP contribution >= 0.6 is 0 Å². The van der Waals surface area contributed by atoms with Gasteiger partial charge >= 0.3 is 0 Å². The van der Waals surface area contributed by atoms with Gasteiger partial charge in [-0.15, -0.1) is 13.2 Å². The van der Waals surface area contributed by atoms with Gasteiger partial charge in [-0.1, -0.05) is 30.9 Å². The number of hydrogen-bond donors (Lipinski definition) is 0. The molecule has 0 aromatic rings. The summed E-state index contributed by atoms with van der Waals surface area (Å²) < 4.78 is 0. The summed E-state index contributed by atoms with van der Waals surface area (Å²) in [5, 5.41) is 1.43. The molecule has 1 aliphatic rings. The van der Waals surface area contributed by atoms with Crippen molar-refractivity contribution in [1.82, 2.24) is 0 Å². The van der Waals surface area contributed by atoms with Gasteiger partial charge in [0.15, 0.2) is 0 Å². The van der Waals surface area contributed by atoms with E-state index in [0.29, 0.717) is 0 Å². The average molecular weight is 217 g/mol. The highest BCUT2D eigenvalue weighted by molar-refractivity contribution is 6.83. The molecule has 0 aromatic heterocycles. The maximum Gasteiger partial charge on any atom is 0.0716 e. The first-order valence-electron chi connectivity index (χ1n) is 5.47. The van der Waals surface area contributed by atoms with E-state index in [0.717, 1.165) is 12.8 Å². The lowest BCUT2D eigenvalue weighted by atomic mass is 9.90. The minimum atomic E-state index is -1.18. The van der Waals surface area contributed by atoms with Gasteiger partial charge in [-0.3, -0.25) is 0 Å². The predicted octanol–water partition coefficient (Wildman–Crippen LogP) is 4.16. The molecule has 0 unspecified atom stereocenters. The van der Waals surface area contributed by atoms with Crippen LogP contribution in [0, 0.1) is 31.1 Å². The van der Waals surface area contributed by atoms with Crippen LogP contribution in [-0.4, -0.2) is 8.07 Å². The second kappa shape index (κ2) is 5.15. The molecule has 0 nitrogen and oxygen atoms in total. The fourth-order valence-corrected chi connectivity index (χ4v) is 2.24. The Bertz CT molecular complexity index is 234. The second-order valence-corrected chi connectivity index (χ2v) is 10.3. The predicted molar refractivity (Wildman–Crippen MR) is 71.3 cm³/mol. The Labute approximate surface area is 96.5 Å². The summed E-state index contributed by atoms with van der Waals surface area (Å²) >= 11 is 0. The molecule has 1 fully saturated rings. The van der Waals surface area contributed by atoms with Gasteiger partial charge in [0.05, 0.1) is 8.07 Å². The van der Waals surface area contributed by atoms with Crippen molar-refractivity contribution in [3.8, 4) is 0 Å². The van der Waals surface area contributed by atoms with Crippen molar-refractivity contribution in [2.45, 2.75) is 32.5 Å². The summed E-state index contributed by atoms with van der Waals surface area (Å²) in [5.41, 5.74) is 0. The third-order valence-electron chi connectivity index (χ3n) is 2.84. The summed E-state index contributed by atoms with van der Waals surface area (Å²) in [4.78, 5) is 0. The lowest BCUT2D eigenvalue weighted by molar-refractivity contribution is 0.926. The largest absolute Gasteiger partial charge is 0.104 e. The summed E-state index contributed by atoms with van der Waals surface area (Å²) in [5.74, 6) is 2.84. The summed E-state index contributed by atoms with van der Waals surface area (Å²) in [6, 6.07) is 0. The molecule has 0 aromatic carbocycles. The van der Waals surface area contributed by atoms with Crippen molar-refractivity contribution in [2.24, 2.45) is 0 Å². The molecule has 0 spiro atoms. The van der Waals surface area contributed by atoms with Gasteiger partial charge in [0.1, 0.15) is 0 Å². The zero-order valence-corrected chi connectivity index (χ0v) is 11.1. The first-order chi connectivity index (χ1) is 6.95. The third kappa shape index (κ3) is 3.64. The van der Waals surface area contributed by atoms with E-state index in [1.54, 1.807) is 0 Å². The van der Waals surface area contributed by atoms with E-state index in [1.165, 1.54) is 17.0 Å². The monoisotopic (exact) mass is 217 g/mol. The molecular formula is C14H21Si. The summed E-state index contributed by atoms with van der Waals surface area (Å²) in [7, 11) is -1.18. The molecule has 1 rings (SSSR count). The summed E-state index contributed by atoms with van der Waals surface area (Å²) in [6.45, 7) is 15.1. The van der Waals surface area contributed by atoms with Crippen molar-refractivity contribution in [2.75, 3.05) is 0 Å². The smallest absolute Gasteiger partial charge is 0.0716 e. The number of hydrogen-bond acceptors (Lipinski definition) is 0. The van der Waals surface area contributed by atoms with Gasteiger partial charge in [-0.05, 0) is 43.9 Å². The highest BCUT2D eigenvalue weighted by atomic mass is 28.3. The molecule has 1 aliphatic carbocycles. The topological polar surface area (TPSA) is 0 Å². The SMILES string of the molecule is C=CC[C]1[CH][CH][CH][C]1CC(=C)[Si](C)(C)C. The fourth-order valence-electron chi connectivity index (χ4n) is 1.52. The molecule has 5 radical (unpaired) electrons. The van der Waals surface area contributed by atoms with E-state index < -0.39 is 8.07 Å². The van der Waals surface area contributed by atoms with Gasteiger partial charge < -0.3 is 0 Å². The van der Waals surface area contributed by atoms with Crippen molar-refractivity contribution in [1.29, 1.82) is 0 Å². The van der Waals surface area contributed by atoms with Gasteiger partial charge in [-0.2, -0.15) is 0 Å². The van der Waals surface area contributed by atoms with Crippen LogP contribution in [0.25, 0.3) is 0 Å². The van der Waals surface area contributed by atoms with Crippen LogP contribution in [-0.2, 0) is 0 Å². The van der Waals surface area contributed by atoms with Crippen molar-refractivity contribution >= 4 is 8.07 Å². The maximum atomic E-state index is 4.24. The van der Waals surface area contributed by atoms with Gasteiger partial charge in [0.2, 0.25) is 0 Å². The number of allylic oxidation sites excluding steroid dienone is 2. The minimum absolute atomic E-state index is 0.974. The Kier molecular flexibility index (Phi) is 4.39. The number of rotatable bonds is 5. The minimum Gasteiger partial charge on any atom is -0.104 e. The van der Waals surface area contributed by atoms with Crippen LogP contribution in [0.5, 0.6) is 0 Å². The Morgan fingerprint density at radius 2 is 1.87 bits per heavy atom. The fraction of sp³-hybridized carbons (Fsp3) is 0.357. The zero-order valence-electron chi connectivity index (χ0n) is 10.1. The van der Waals surface area contributed by atoms with E-state index in [2.05, 4.69) is 52.1 Å². The van der Waals surface area contributed by atoms with Crippen LogP contribution in [0.3, 0.4) is 0 Å². The Morgan fingerprint density at radius 3 is 2.40 bits per heavy atom. The van der Waals surface area contributed by atoms with Crippen LogP contribution < -0.4 is 0 Å². The quantitative estimate of drug-likeness (QED) is 0.479. The average Bonchev–Trinajstić information content (AvgIpc) is 2.52. The molecule has 81 valence electrons. The van der Waals surface area contributed by atoms with Crippen molar-refractivity contribution in [3.63, 3.8) is 0 Å². The molecule has 0 bridgehead atoms. The van der Waals surface area contributed by atoms with Gasteiger partial charge in [0, 0.05) is 0 Å². The van der Waals surface area contributed by atoms with E-state index >= 15 is 0 Å². The maximum absolute atomic E-state index is 4.24. The van der Waals surface area contributed by atoms with Crippen LogP contribution in [0.2, 0.25) is 19.6 Å². The second-order valence-electron chi connectivity index (χ2n) is 5.10. The first kappa shape index (κ1) is 12.8. The molecule has 1 heteroatoms. The van der Waals surface area contributed by atoms with Gasteiger partial charge in [-0.25, -0.2) is 0 Å². The van der Waals surface area contributed by atoms with E-state index in [9.17, 15) is 0 Å². The molecule has 15 heavy (non-hydrogen) atoms. The zero-order chi connectivity index (χ0) is 11.5. The van der Waals surface area contributed by atoms with Crippen LogP contribution in [0.15, 0.2) is 24.4 Å². The molecule has 0 aliphatic heterocycles. The Hall–Kier alpha value is -0.303. The standard InChI is InChI=1S/C14H21Si/c1-6-8-13-9-7-10-14(13)11-12(2)15(3,4)5/h6-7,9-10H,1-2,8,11H2,3-5H3. The first-order valence-corrected chi connectivity index (χ1v) is 8.97. The Balaban J connectivity index is 2.50. The third-order valence-corrected chi connectivity index (χ3v) is 5.13. The lowest BCUT2D eigenvalue weighted by Crippen LogP contribution is -2.25. The highest BCUT2D eigenvalue weighted by Crippen LogP contribution is 2.40. The van der Waals surface area contributed by atoms with E-state index in [-0.39, 0.29) is 0 Å². The molecule has 1 saturated carbocycles. The van der Waals surface area contributed by atoms with Crippen molar-refractivity contribution < 1.29 is 0 Å². The molecule has 0 saturated heterocycles. The van der Waals surface area contributed by atoms with E-state index in [1.807, 2.05) is 6.08 Å². The molecular weight excluding hydrogens is 196 g/mol. The molecule has 0 N–H and O–H groups in total. The molecule has 0 amide bonds. The van der Waals surface area contributed by atoms with Crippen LogP contribution in [0.4, 0.5) is 0 Å². The normalized spacial score (nSPS) is 19.4. The Morgan fingerprint density at radius 1 is 1.27 bits per heavy atom. The molecule has 0 atom stereocenters. The van der Waals surface area contributed by atoms with E-state index in [4.69, 9.17) is 0 Å². The molecule has 0 heterocycles. The summed E-state index contributed by atoms with van der Waals surface area (Å²) in [6.07, 6.45) is 10.5. The van der Waals surface area contributed by atoms with Gasteiger partial charge in [0.25, 0.3) is 0 Å². The highest BCUT2D eigenvalue weighted by Gasteiger charge is 2.30. The van der Waals surface area contributed by atoms with Crippen molar-refractivity contribution in [3.05, 3.63) is 55.5 Å². The van der Waals surface area contributed by atoms with Crippen LogP contribution in [0.1, 0.15) is 12.8 Å². The lowest BCUT2D eigenvalue weighted by Gasteiger charge is -2.24.